The van der Waals surface area contributed by atoms with E-state index in [1.54, 1.807) is 25.3 Å². The standard InChI is InChI=1S/C20H25N3O4S/c1-3-27-18-9-8-17(13-19(18)28(25,26)23-10-4-5-11-23)22-20(24)12-16-7-6-15(2)21-14-16/h6-9,13-14H,3-5,10-12H2,1-2H3,(H,22,24). The lowest BCUT2D eigenvalue weighted by Gasteiger charge is -2.19. The van der Waals surface area contributed by atoms with Crippen LogP contribution in [0.3, 0.4) is 0 Å². The average molecular weight is 404 g/mol. The zero-order valence-electron chi connectivity index (χ0n) is 16.1. The summed E-state index contributed by atoms with van der Waals surface area (Å²) in [5.74, 6) is 0.0643. The van der Waals surface area contributed by atoms with E-state index in [9.17, 15) is 13.2 Å². The molecule has 2 aromatic rings. The van der Waals surface area contributed by atoms with Gasteiger partial charge in [0.2, 0.25) is 15.9 Å². The Kier molecular flexibility index (Phi) is 6.31. The van der Waals surface area contributed by atoms with Crippen LogP contribution in [0.25, 0.3) is 0 Å². The molecule has 1 fully saturated rings. The Balaban J connectivity index is 1.82. The number of nitrogens with zero attached hydrogens (tertiary/aromatic N) is 2. The van der Waals surface area contributed by atoms with Crippen LogP contribution in [0.2, 0.25) is 0 Å². The van der Waals surface area contributed by atoms with Crippen LogP contribution >= 0.6 is 0 Å². The molecule has 0 unspecified atom stereocenters. The minimum atomic E-state index is -3.67. The molecular weight excluding hydrogens is 378 g/mol. The van der Waals surface area contributed by atoms with Gasteiger partial charge in [-0.1, -0.05) is 6.07 Å². The Labute approximate surface area is 165 Å². The third-order valence-electron chi connectivity index (χ3n) is 4.55. The molecule has 8 heteroatoms. The van der Waals surface area contributed by atoms with E-state index in [0.29, 0.717) is 31.1 Å². The minimum absolute atomic E-state index is 0.0889. The molecular formula is C20H25N3O4S. The largest absolute Gasteiger partial charge is 0.492 e. The molecule has 1 aliphatic rings. The summed E-state index contributed by atoms with van der Waals surface area (Å²) in [5, 5.41) is 2.77. The second kappa shape index (κ2) is 8.70. The molecule has 0 atom stereocenters. The van der Waals surface area contributed by atoms with E-state index in [2.05, 4.69) is 10.3 Å². The van der Waals surface area contributed by atoms with Crippen molar-refractivity contribution >= 4 is 21.6 Å². The highest BCUT2D eigenvalue weighted by Crippen LogP contribution is 2.31. The predicted molar refractivity (Wildman–Crippen MR) is 107 cm³/mol. The SMILES string of the molecule is CCOc1ccc(NC(=O)Cc2ccc(C)nc2)cc1S(=O)(=O)N1CCCC1. The number of nitrogens with one attached hydrogen (secondary N) is 1. The van der Waals surface area contributed by atoms with Crippen molar-refractivity contribution in [1.29, 1.82) is 0 Å². The number of carbonyl (C=O) groups excluding carboxylic acids is 1. The van der Waals surface area contributed by atoms with Gasteiger partial charge in [0.1, 0.15) is 10.6 Å². The van der Waals surface area contributed by atoms with Gasteiger partial charge in [-0.05, 0) is 56.5 Å². The van der Waals surface area contributed by atoms with Crippen molar-refractivity contribution in [2.75, 3.05) is 25.0 Å². The molecule has 0 spiro atoms. The van der Waals surface area contributed by atoms with E-state index in [1.807, 2.05) is 19.1 Å². The molecule has 1 saturated heterocycles. The second-order valence-corrected chi connectivity index (χ2v) is 8.64. The fourth-order valence-electron chi connectivity index (χ4n) is 3.12. The molecule has 7 nitrogen and oxygen atoms in total. The molecule has 0 saturated carbocycles. The van der Waals surface area contributed by atoms with Gasteiger partial charge in [-0.2, -0.15) is 4.31 Å². The van der Waals surface area contributed by atoms with E-state index in [0.717, 1.165) is 24.1 Å². The van der Waals surface area contributed by atoms with Crippen LogP contribution in [0.4, 0.5) is 5.69 Å². The molecule has 0 radical (unpaired) electrons. The van der Waals surface area contributed by atoms with Crippen LogP contribution in [0.15, 0.2) is 41.4 Å². The summed E-state index contributed by atoms with van der Waals surface area (Å²) in [6.07, 6.45) is 3.53. The van der Waals surface area contributed by atoms with Crippen LogP contribution in [0.1, 0.15) is 31.0 Å². The first kappa shape index (κ1) is 20.3. The number of aryl methyl sites for hydroxylation is 1. The molecule has 2 heterocycles. The molecule has 3 rings (SSSR count). The van der Waals surface area contributed by atoms with Gasteiger partial charge in [0.05, 0.1) is 13.0 Å². The van der Waals surface area contributed by atoms with Gasteiger partial charge in [-0.3, -0.25) is 9.78 Å². The fourth-order valence-corrected chi connectivity index (χ4v) is 4.80. The Morgan fingerprint density at radius 1 is 1.21 bits per heavy atom. The number of amides is 1. The summed E-state index contributed by atoms with van der Waals surface area (Å²) < 4.78 is 33.0. The lowest BCUT2D eigenvalue weighted by molar-refractivity contribution is -0.115. The molecule has 1 aromatic heterocycles. The Bertz CT molecular complexity index is 936. The zero-order valence-corrected chi connectivity index (χ0v) is 17.0. The third-order valence-corrected chi connectivity index (χ3v) is 6.47. The van der Waals surface area contributed by atoms with Crippen LogP contribution in [-0.2, 0) is 21.2 Å². The van der Waals surface area contributed by atoms with Crippen molar-refractivity contribution in [3.05, 3.63) is 47.8 Å². The molecule has 1 N–H and O–H groups in total. The Morgan fingerprint density at radius 2 is 1.96 bits per heavy atom. The monoisotopic (exact) mass is 403 g/mol. The van der Waals surface area contributed by atoms with Crippen molar-refractivity contribution in [2.24, 2.45) is 0 Å². The highest BCUT2D eigenvalue weighted by atomic mass is 32.2. The normalized spacial score (nSPS) is 14.8. The minimum Gasteiger partial charge on any atom is -0.492 e. The summed E-state index contributed by atoms with van der Waals surface area (Å²) >= 11 is 0. The van der Waals surface area contributed by atoms with E-state index in [4.69, 9.17) is 4.74 Å². The van der Waals surface area contributed by atoms with Gasteiger partial charge in [0, 0.05) is 30.7 Å². The van der Waals surface area contributed by atoms with Crippen LogP contribution < -0.4 is 10.1 Å². The fraction of sp³-hybridized carbons (Fsp3) is 0.400. The number of rotatable bonds is 7. The number of anilines is 1. The van der Waals surface area contributed by atoms with Crippen molar-refractivity contribution in [3.8, 4) is 5.75 Å². The highest BCUT2D eigenvalue weighted by molar-refractivity contribution is 7.89. The van der Waals surface area contributed by atoms with Crippen molar-refractivity contribution < 1.29 is 17.9 Å². The summed E-state index contributed by atoms with van der Waals surface area (Å²) in [5.41, 5.74) is 2.10. The highest BCUT2D eigenvalue weighted by Gasteiger charge is 2.30. The van der Waals surface area contributed by atoms with Gasteiger partial charge >= 0.3 is 0 Å². The molecule has 1 aliphatic heterocycles. The molecule has 0 aliphatic carbocycles. The number of ether oxygens (including phenoxy) is 1. The molecule has 150 valence electrons. The van der Waals surface area contributed by atoms with E-state index in [-0.39, 0.29) is 17.2 Å². The van der Waals surface area contributed by atoms with Gasteiger partial charge < -0.3 is 10.1 Å². The molecule has 0 bridgehead atoms. The summed E-state index contributed by atoms with van der Waals surface area (Å²) in [7, 11) is -3.67. The maximum absolute atomic E-state index is 13.0. The first-order chi connectivity index (χ1) is 13.4. The maximum atomic E-state index is 13.0. The van der Waals surface area contributed by atoms with Gasteiger partial charge in [-0.25, -0.2) is 8.42 Å². The topological polar surface area (TPSA) is 88.6 Å². The Hall–Kier alpha value is -2.45. The number of hydrogen-bond acceptors (Lipinski definition) is 5. The maximum Gasteiger partial charge on any atom is 0.246 e. The molecule has 28 heavy (non-hydrogen) atoms. The predicted octanol–water partition coefficient (Wildman–Crippen LogP) is 2.75. The second-order valence-electron chi connectivity index (χ2n) is 6.74. The van der Waals surface area contributed by atoms with Crippen LogP contribution in [-0.4, -0.2) is 43.3 Å². The lowest BCUT2D eigenvalue weighted by Crippen LogP contribution is -2.28. The average Bonchev–Trinajstić information content (AvgIpc) is 3.20. The Morgan fingerprint density at radius 3 is 2.61 bits per heavy atom. The number of hydrogen-bond donors (Lipinski definition) is 1. The van der Waals surface area contributed by atoms with Crippen LogP contribution in [0.5, 0.6) is 5.75 Å². The van der Waals surface area contributed by atoms with Gasteiger partial charge in [0.25, 0.3) is 0 Å². The smallest absolute Gasteiger partial charge is 0.246 e. The van der Waals surface area contributed by atoms with Crippen molar-refractivity contribution in [1.82, 2.24) is 9.29 Å². The van der Waals surface area contributed by atoms with Gasteiger partial charge in [0.15, 0.2) is 0 Å². The zero-order chi connectivity index (χ0) is 20.1. The van der Waals surface area contributed by atoms with Crippen LogP contribution in [0, 0.1) is 6.92 Å². The lowest BCUT2D eigenvalue weighted by atomic mass is 10.2. The summed E-state index contributed by atoms with van der Waals surface area (Å²) in [6.45, 7) is 5.05. The van der Waals surface area contributed by atoms with Crippen molar-refractivity contribution in [2.45, 2.75) is 38.0 Å². The van der Waals surface area contributed by atoms with E-state index >= 15 is 0 Å². The number of benzene rings is 1. The first-order valence-electron chi connectivity index (χ1n) is 9.38. The molecule has 1 amide bonds. The first-order valence-corrected chi connectivity index (χ1v) is 10.8. The summed E-state index contributed by atoms with van der Waals surface area (Å²) in [6, 6.07) is 8.42. The third kappa shape index (κ3) is 4.69. The quantitative estimate of drug-likeness (QED) is 0.768. The summed E-state index contributed by atoms with van der Waals surface area (Å²) in [4.78, 5) is 16.6. The van der Waals surface area contributed by atoms with E-state index < -0.39 is 10.0 Å². The number of carbonyl (C=O) groups is 1. The number of pyridine rings is 1. The molecule has 1 aromatic carbocycles. The van der Waals surface area contributed by atoms with Crippen molar-refractivity contribution in [3.63, 3.8) is 0 Å². The number of sulfonamides is 1. The van der Waals surface area contributed by atoms with E-state index in [1.165, 1.54) is 10.4 Å². The van der Waals surface area contributed by atoms with Gasteiger partial charge in [-0.15, -0.1) is 0 Å². The number of aromatic nitrogens is 1.